The molecule has 0 amide bonds. The van der Waals surface area contributed by atoms with E-state index in [0.29, 0.717) is 0 Å². The maximum atomic E-state index is 8.88. The minimum Gasteiger partial charge on any atom is -0.497 e. The van der Waals surface area contributed by atoms with E-state index in [-0.39, 0.29) is 6.10 Å². The summed E-state index contributed by atoms with van der Waals surface area (Å²) in [5.41, 5.74) is 0. The Morgan fingerprint density at radius 2 is 1.46 bits per heavy atom. The molecule has 0 unspecified atom stereocenters. The zero-order valence-electron chi connectivity index (χ0n) is 7.49. The molecule has 1 aliphatic rings. The van der Waals surface area contributed by atoms with Gasteiger partial charge in [0.15, 0.2) is 0 Å². The Labute approximate surface area is 76.7 Å². The van der Waals surface area contributed by atoms with Crippen LogP contribution in [-0.4, -0.2) is 32.5 Å². The molecule has 6 nitrogen and oxygen atoms in total. The van der Waals surface area contributed by atoms with Crippen molar-refractivity contribution in [3.8, 4) is 0 Å². The fraction of sp³-hybridized carbons (Fsp3) is 0.667. The maximum absolute atomic E-state index is 8.88. The molecule has 0 spiro atoms. The van der Waals surface area contributed by atoms with Crippen LogP contribution in [0.4, 0.5) is 0 Å². The average molecular weight is 214 g/mol. The van der Waals surface area contributed by atoms with E-state index < -0.39 is 7.82 Å². The number of ether oxygens (including phenoxy) is 1. The molecule has 1 rings (SSSR count). The molecule has 0 fully saturated rings. The summed E-state index contributed by atoms with van der Waals surface area (Å²) in [6.45, 7) is 4.26. The Balaban J connectivity index is 0. The van der Waals surface area contributed by atoms with Crippen molar-refractivity contribution in [3.05, 3.63) is 12.3 Å². The highest BCUT2D eigenvalue weighted by Crippen LogP contribution is 2.25. The quantitative estimate of drug-likeness (QED) is 0.422. The van der Waals surface area contributed by atoms with Gasteiger partial charge < -0.3 is 24.5 Å². The topological polar surface area (TPSA) is 107 Å². The Morgan fingerprint density at radius 1 is 1.38 bits per heavy atom. The molecule has 0 aromatic rings. The maximum Gasteiger partial charge on any atom is 0.466 e. The van der Waals surface area contributed by atoms with Crippen LogP contribution in [0, 0.1) is 0 Å². The molecule has 80 valence electrons. The number of phosphoric acid groups is 1. The van der Waals surface area contributed by atoms with E-state index in [1.54, 1.807) is 20.1 Å². The first-order valence-electron chi connectivity index (χ1n) is 3.46. The predicted octanol–water partition coefficient (Wildman–Crippen LogP) is -0.0112. The molecule has 0 saturated carbocycles. The van der Waals surface area contributed by atoms with E-state index in [2.05, 4.69) is 4.74 Å². The lowest BCUT2D eigenvalue weighted by Crippen LogP contribution is -1.89. The summed E-state index contributed by atoms with van der Waals surface area (Å²) in [7, 11) is -4.64. The van der Waals surface area contributed by atoms with Crippen LogP contribution in [0.1, 0.15) is 13.8 Å². The highest BCUT2D eigenvalue weighted by molar-refractivity contribution is 7.45. The van der Waals surface area contributed by atoms with Crippen molar-refractivity contribution >= 4 is 7.82 Å². The standard InChI is InChI=1S/C3H4O.C3H8O.H3O4P/c1-2-4-3-1;1-3(2)4;1-5(2,3)4/h1-2H,3H2;3-4H,1-2H3;(H3,1,2,3,4). The molecular formula is C6H15O6P. The molecule has 0 radical (unpaired) electrons. The van der Waals surface area contributed by atoms with Crippen LogP contribution in [0.5, 0.6) is 0 Å². The number of hydrogen-bond acceptors (Lipinski definition) is 3. The number of aliphatic hydroxyl groups excluding tert-OH is 1. The summed E-state index contributed by atoms with van der Waals surface area (Å²) >= 11 is 0. The van der Waals surface area contributed by atoms with E-state index in [1.807, 2.05) is 6.08 Å². The molecule has 0 saturated heterocycles. The number of hydrogen-bond donors (Lipinski definition) is 4. The third-order valence-corrected chi connectivity index (χ3v) is 0.385. The Kier molecular flexibility index (Phi) is 9.55. The van der Waals surface area contributed by atoms with Gasteiger partial charge in [-0.3, -0.25) is 0 Å². The number of rotatable bonds is 0. The van der Waals surface area contributed by atoms with Gasteiger partial charge in [0.25, 0.3) is 0 Å². The Morgan fingerprint density at radius 3 is 1.46 bits per heavy atom. The highest BCUT2D eigenvalue weighted by atomic mass is 31.2. The van der Waals surface area contributed by atoms with Gasteiger partial charge in [0, 0.05) is 6.10 Å². The molecule has 0 aromatic carbocycles. The first-order valence-corrected chi connectivity index (χ1v) is 5.03. The second kappa shape index (κ2) is 8.22. The first-order chi connectivity index (χ1) is 5.73. The minimum absolute atomic E-state index is 0.167. The normalized spacial score (nSPS) is 12.8. The zero-order chi connectivity index (χ0) is 10.9. The van der Waals surface area contributed by atoms with Crippen LogP contribution in [0.2, 0.25) is 0 Å². The van der Waals surface area contributed by atoms with Gasteiger partial charge in [0.2, 0.25) is 0 Å². The number of aliphatic hydroxyl groups is 1. The fourth-order valence-electron chi connectivity index (χ4n) is 0.0962. The van der Waals surface area contributed by atoms with Gasteiger partial charge in [-0.15, -0.1) is 0 Å². The molecule has 0 aromatic heterocycles. The smallest absolute Gasteiger partial charge is 0.466 e. The van der Waals surface area contributed by atoms with Gasteiger partial charge in [-0.25, -0.2) is 4.57 Å². The molecule has 4 N–H and O–H groups in total. The Bertz CT molecular complexity index is 155. The van der Waals surface area contributed by atoms with Crippen LogP contribution in [0.25, 0.3) is 0 Å². The predicted molar refractivity (Wildman–Crippen MR) is 46.7 cm³/mol. The summed E-state index contributed by atoms with van der Waals surface area (Å²) in [5.74, 6) is 0. The SMILES string of the molecule is C1=COC1.CC(C)O.O=P(O)(O)O. The van der Waals surface area contributed by atoms with Crippen molar-refractivity contribution < 1.29 is 29.1 Å². The molecule has 0 atom stereocenters. The second-order valence-electron chi connectivity index (χ2n) is 2.31. The van der Waals surface area contributed by atoms with Gasteiger partial charge in [-0.2, -0.15) is 0 Å². The van der Waals surface area contributed by atoms with Crippen LogP contribution in [0.3, 0.4) is 0 Å². The zero-order valence-corrected chi connectivity index (χ0v) is 8.39. The van der Waals surface area contributed by atoms with Crippen LogP contribution >= 0.6 is 7.82 Å². The molecule has 0 bridgehead atoms. The van der Waals surface area contributed by atoms with Gasteiger partial charge in [-0.1, -0.05) is 0 Å². The molecule has 1 aliphatic heterocycles. The lowest BCUT2D eigenvalue weighted by Gasteiger charge is -1.99. The first kappa shape index (κ1) is 15.1. The van der Waals surface area contributed by atoms with Gasteiger partial charge in [-0.05, 0) is 19.9 Å². The monoisotopic (exact) mass is 214 g/mol. The van der Waals surface area contributed by atoms with Crippen molar-refractivity contribution in [2.45, 2.75) is 20.0 Å². The lowest BCUT2D eigenvalue weighted by molar-refractivity contribution is 0.216. The van der Waals surface area contributed by atoms with Crippen molar-refractivity contribution in [2.75, 3.05) is 6.61 Å². The third-order valence-electron chi connectivity index (χ3n) is 0.385. The van der Waals surface area contributed by atoms with E-state index in [9.17, 15) is 0 Å². The highest BCUT2D eigenvalue weighted by Gasteiger charge is 2.00. The van der Waals surface area contributed by atoms with Crippen molar-refractivity contribution in [2.24, 2.45) is 0 Å². The van der Waals surface area contributed by atoms with Gasteiger partial charge >= 0.3 is 7.82 Å². The summed E-state index contributed by atoms with van der Waals surface area (Å²) in [4.78, 5) is 21.6. The molecule has 1 heterocycles. The van der Waals surface area contributed by atoms with E-state index in [1.165, 1.54) is 0 Å². The summed E-state index contributed by atoms with van der Waals surface area (Å²) in [5, 5.41) is 8.06. The van der Waals surface area contributed by atoms with E-state index >= 15 is 0 Å². The second-order valence-corrected chi connectivity index (χ2v) is 3.34. The van der Waals surface area contributed by atoms with Crippen molar-refractivity contribution in [1.82, 2.24) is 0 Å². The minimum atomic E-state index is -4.64. The summed E-state index contributed by atoms with van der Waals surface area (Å²) < 4.78 is 13.4. The van der Waals surface area contributed by atoms with Gasteiger partial charge in [0.1, 0.15) is 6.61 Å². The largest absolute Gasteiger partial charge is 0.497 e. The van der Waals surface area contributed by atoms with Crippen LogP contribution in [0.15, 0.2) is 12.3 Å². The van der Waals surface area contributed by atoms with Crippen molar-refractivity contribution in [1.29, 1.82) is 0 Å². The summed E-state index contributed by atoms with van der Waals surface area (Å²) in [6, 6.07) is 0. The lowest BCUT2D eigenvalue weighted by atomic mass is 10.5. The molecule has 13 heavy (non-hydrogen) atoms. The summed E-state index contributed by atoms with van der Waals surface area (Å²) in [6.07, 6.45) is 3.47. The molecular weight excluding hydrogens is 199 g/mol. The van der Waals surface area contributed by atoms with Crippen LogP contribution in [-0.2, 0) is 9.30 Å². The Hall–Kier alpha value is -0.390. The molecule has 7 heteroatoms. The third kappa shape index (κ3) is 82.3. The van der Waals surface area contributed by atoms with Crippen LogP contribution < -0.4 is 0 Å². The molecule has 0 aliphatic carbocycles. The van der Waals surface area contributed by atoms with Crippen molar-refractivity contribution in [3.63, 3.8) is 0 Å². The van der Waals surface area contributed by atoms with Gasteiger partial charge in [0.05, 0.1) is 6.26 Å². The van der Waals surface area contributed by atoms with E-state index in [0.717, 1.165) is 6.61 Å². The fourth-order valence-corrected chi connectivity index (χ4v) is 0.0962. The average Bonchev–Trinajstić information content (AvgIpc) is 1.45. The van der Waals surface area contributed by atoms with E-state index in [4.69, 9.17) is 24.4 Å².